The molecule has 8 nitrogen and oxygen atoms in total. The summed E-state index contributed by atoms with van der Waals surface area (Å²) in [5, 5.41) is 4.14. The van der Waals surface area contributed by atoms with Gasteiger partial charge in [0.25, 0.3) is 0 Å². The first-order valence-electron chi connectivity index (χ1n) is 10.5. The summed E-state index contributed by atoms with van der Waals surface area (Å²) in [7, 11) is 4.62. The molecule has 0 radical (unpaired) electrons. The number of fused-ring (bicyclic) bond motifs is 1. The average Bonchev–Trinajstić information content (AvgIpc) is 3.28. The summed E-state index contributed by atoms with van der Waals surface area (Å²) < 4.78 is 21.5. The van der Waals surface area contributed by atoms with Crippen LogP contribution in [0.15, 0.2) is 40.9 Å². The molecular formula is C24H27N3O5. The Bertz CT molecular complexity index is 1090. The summed E-state index contributed by atoms with van der Waals surface area (Å²) in [5.41, 5.74) is 4.20. The van der Waals surface area contributed by atoms with Crippen LogP contribution in [0.5, 0.6) is 11.5 Å². The second-order valence-electron chi connectivity index (χ2n) is 7.80. The van der Waals surface area contributed by atoms with Crippen molar-refractivity contribution in [2.24, 2.45) is 0 Å². The third kappa shape index (κ3) is 4.45. The van der Waals surface area contributed by atoms with Gasteiger partial charge < -0.3 is 18.7 Å². The molecule has 0 fully saturated rings. The highest BCUT2D eigenvalue weighted by Gasteiger charge is 2.32. The van der Waals surface area contributed by atoms with E-state index in [1.807, 2.05) is 43.3 Å². The number of carbonyl (C=O) groups is 1. The number of rotatable bonds is 7. The van der Waals surface area contributed by atoms with E-state index >= 15 is 0 Å². The molecule has 0 bridgehead atoms. The second-order valence-corrected chi connectivity index (χ2v) is 7.80. The van der Waals surface area contributed by atoms with Crippen molar-refractivity contribution in [3.05, 3.63) is 59.0 Å². The minimum Gasteiger partial charge on any atom is -0.493 e. The number of carbonyl (C=O) groups excluding carboxylic acids is 1. The van der Waals surface area contributed by atoms with E-state index in [2.05, 4.69) is 15.0 Å². The van der Waals surface area contributed by atoms with Crippen molar-refractivity contribution < 1.29 is 23.5 Å². The van der Waals surface area contributed by atoms with E-state index in [1.54, 1.807) is 14.2 Å². The fourth-order valence-electron chi connectivity index (χ4n) is 4.06. The van der Waals surface area contributed by atoms with Crippen LogP contribution in [-0.4, -0.2) is 48.9 Å². The van der Waals surface area contributed by atoms with Gasteiger partial charge in [0.15, 0.2) is 11.5 Å². The van der Waals surface area contributed by atoms with E-state index in [0.29, 0.717) is 29.8 Å². The summed E-state index contributed by atoms with van der Waals surface area (Å²) in [5.74, 6) is 2.07. The minimum absolute atomic E-state index is 0.206. The minimum atomic E-state index is -0.284. The molecule has 1 aromatic heterocycles. The van der Waals surface area contributed by atoms with E-state index in [1.165, 1.54) is 12.7 Å². The monoisotopic (exact) mass is 437 g/mol. The van der Waals surface area contributed by atoms with Gasteiger partial charge in [-0.3, -0.25) is 9.69 Å². The highest BCUT2D eigenvalue weighted by atomic mass is 16.5. The van der Waals surface area contributed by atoms with Crippen LogP contribution >= 0.6 is 0 Å². The fourth-order valence-corrected chi connectivity index (χ4v) is 4.06. The summed E-state index contributed by atoms with van der Waals surface area (Å²) in [6.45, 7) is 3.19. The van der Waals surface area contributed by atoms with E-state index in [4.69, 9.17) is 18.7 Å². The predicted molar refractivity (Wildman–Crippen MR) is 118 cm³/mol. The van der Waals surface area contributed by atoms with E-state index in [0.717, 1.165) is 29.7 Å². The third-order valence-corrected chi connectivity index (χ3v) is 5.82. The van der Waals surface area contributed by atoms with Gasteiger partial charge in [-0.1, -0.05) is 35.0 Å². The molecule has 4 rings (SSSR count). The van der Waals surface area contributed by atoms with Crippen LogP contribution in [0.3, 0.4) is 0 Å². The molecule has 0 saturated heterocycles. The first-order chi connectivity index (χ1) is 15.5. The number of aryl methyl sites for hydroxylation is 1. The number of nitrogens with zero attached hydrogens (tertiary/aromatic N) is 3. The Balaban J connectivity index is 1.62. The van der Waals surface area contributed by atoms with Gasteiger partial charge in [-0.2, -0.15) is 4.98 Å². The number of esters is 1. The third-order valence-electron chi connectivity index (χ3n) is 5.82. The van der Waals surface area contributed by atoms with Crippen molar-refractivity contribution in [2.75, 3.05) is 27.9 Å². The first-order valence-corrected chi connectivity index (χ1v) is 10.5. The highest BCUT2D eigenvalue weighted by molar-refractivity contribution is 5.70. The molecule has 0 spiro atoms. The zero-order valence-corrected chi connectivity index (χ0v) is 18.8. The predicted octanol–water partition coefficient (Wildman–Crippen LogP) is 3.72. The van der Waals surface area contributed by atoms with Gasteiger partial charge in [0, 0.05) is 18.2 Å². The van der Waals surface area contributed by atoms with Crippen molar-refractivity contribution >= 4 is 5.97 Å². The van der Waals surface area contributed by atoms with Gasteiger partial charge in [-0.05, 0) is 36.6 Å². The van der Waals surface area contributed by atoms with Crippen LogP contribution in [0, 0.1) is 6.92 Å². The topological polar surface area (TPSA) is 86.9 Å². The first kappa shape index (κ1) is 21.8. The standard InChI is InChI=1S/C24H27N3O5/c1-15-5-7-16(8-6-15)24-25-22(32-26-24)14-27-10-9-17-11-20(29-2)21(30-3)12-18(17)19(27)13-23(28)31-4/h5-8,11-12,19H,9-10,13-14H2,1-4H3/t19-/m1/s1. The van der Waals surface area contributed by atoms with Crippen molar-refractivity contribution in [3.63, 3.8) is 0 Å². The summed E-state index contributed by atoms with van der Waals surface area (Å²) >= 11 is 0. The van der Waals surface area contributed by atoms with E-state index in [9.17, 15) is 4.79 Å². The van der Waals surface area contributed by atoms with Gasteiger partial charge in [-0.25, -0.2) is 0 Å². The molecule has 2 aromatic carbocycles. The molecule has 168 valence electrons. The Kier molecular flexibility index (Phi) is 6.41. The maximum Gasteiger partial charge on any atom is 0.307 e. The number of ether oxygens (including phenoxy) is 3. The lowest BCUT2D eigenvalue weighted by Crippen LogP contribution is -2.36. The van der Waals surface area contributed by atoms with Crippen LogP contribution in [-0.2, 0) is 22.5 Å². The molecule has 1 atom stereocenters. The maximum absolute atomic E-state index is 12.2. The van der Waals surface area contributed by atoms with Gasteiger partial charge in [0.1, 0.15) is 0 Å². The Morgan fingerprint density at radius 3 is 2.53 bits per heavy atom. The molecule has 3 aromatic rings. The van der Waals surface area contributed by atoms with Crippen molar-refractivity contribution in [3.8, 4) is 22.9 Å². The van der Waals surface area contributed by atoms with E-state index in [-0.39, 0.29) is 18.4 Å². The maximum atomic E-state index is 12.2. The Hall–Kier alpha value is -3.39. The van der Waals surface area contributed by atoms with Crippen LogP contribution in [0.25, 0.3) is 11.4 Å². The lowest BCUT2D eigenvalue weighted by atomic mass is 9.90. The molecule has 0 amide bonds. The zero-order valence-electron chi connectivity index (χ0n) is 18.8. The lowest BCUT2D eigenvalue weighted by Gasteiger charge is -2.36. The summed E-state index contributed by atoms with van der Waals surface area (Å²) in [6.07, 6.45) is 1.00. The van der Waals surface area contributed by atoms with Gasteiger partial charge in [0.05, 0.1) is 34.3 Å². The molecule has 0 saturated carbocycles. The molecule has 0 N–H and O–H groups in total. The fraction of sp³-hybridized carbons (Fsp3) is 0.375. The number of hydrogen-bond donors (Lipinski definition) is 0. The Labute approximate surface area is 187 Å². The van der Waals surface area contributed by atoms with E-state index < -0.39 is 0 Å². The lowest BCUT2D eigenvalue weighted by molar-refractivity contribution is -0.142. The molecule has 0 unspecified atom stereocenters. The van der Waals surface area contributed by atoms with Gasteiger partial charge in [-0.15, -0.1) is 0 Å². The molecule has 1 aliphatic rings. The van der Waals surface area contributed by atoms with Crippen LogP contribution in [0.4, 0.5) is 0 Å². The SMILES string of the molecule is COC(=O)C[C@@H]1c2cc(OC)c(OC)cc2CCN1Cc1nc(-c2ccc(C)cc2)no1. The number of hydrogen-bond acceptors (Lipinski definition) is 8. The van der Waals surface area contributed by atoms with Gasteiger partial charge >= 0.3 is 5.97 Å². The summed E-state index contributed by atoms with van der Waals surface area (Å²) in [6, 6.07) is 11.7. The average molecular weight is 437 g/mol. The van der Waals surface area contributed by atoms with Crippen molar-refractivity contribution in [2.45, 2.75) is 32.4 Å². The van der Waals surface area contributed by atoms with Crippen molar-refractivity contribution in [1.82, 2.24) is 15.0 Å². The zero-order chi connectivity index (χ0) is 22.7. The van der Waals surface area contributed by atoms with Gasteiger partial charge in [0.2, 0.25) is 11.7 Å². The molecule has 8 heteroatoms. The largest absolute Gasteiger partial charge is 0.493 e. The Morgan fingerprint density at radius 2 is 1.84 bits per heavy atom. The molecular weight excluding hydrogens is 410 g/mol. The quantitative estimate of drug-likeness (QED) is 0.517. The summed E-state index contributed by atoms with van der Waals surface area (Å²) in [4.78, 5) is 19.0. The smallest absolute Gasteiger partial charge is 0.307 e. The van der Waals surface area contributed by atoms with Crippen LogP contribution < -0.4 is 9.47 Å². The van der Waals surface area contributed by atoms with Crippen molar-refractivity contribution in [1.29, 1.82) is 0 Å². The van der Waals surface area contributed by atoms with Crippen LogP contribution in [0.2, 0.25) is 0 Å². The Morgan fingerprint density at radius 1 is 1.12 bits per heavy atom. The van der Waals surface area contributed by atoms with Crippen LogP contribution in [0.1, 0.15) is 35.0 Å². The molecule has 1 aliphatic heterocycles. The molecule has 32 heavy (non-hydrogen) atoms. The molecule has 2 heterocycles. The number of aromatic nitrogens is 2. The normalized spacial score (nSPS) is 15.8. The molecule has 0 aliphatic carbocycles. The second kappa shape index (κ2) is 9.40. The highest BCUT2D eigenvalue weighted by Crippen LogP contribution is 2.40. The number of methoxy groups -OCH3 is 3. The number of benzene rings is 2.